The Hall–Kier alpha value is -1.29. The fourth-order valence-electron chi connectivity index (χ4n) is 1.62. The molecule has 0 spiro atoms. The lowest BCUT2D eigenvalue weighted by molar-refractivity contribution is 0.0590. The number of hydrogen-bond donors (Lipinski definition) is 0. The molecule has 2 rings (SSSR count). The van der Waals surface area contributed by atoms with Gasteiger partial charge in [-0.05, 0) is 24.3 Å². The van der Waals surface area contributed by atoms with Gasteiger partial charge in [0, 0.05) is 22.4 Å². The largest absolute Gasteiger partial charge is 0.464 e. The summed E-state index contributed by atoms with van der Waals surface area (Å²) in [6.45, 7) is 0. The molecule has 0 aliphatic heterocycles. The highest BCUT2D eigenvalue weighted by Gasteiger charge is 2.13. The molecule has 0 saturated heterocycles. The van der Waals surface area contributed by atoms with Crippen molar-refractivity contribution < 1.29 is 9.53 Å². The summed E-state index contributed by atoms with van der Waals surface area (Å²) >= 11 is 3.39. The summed E-state index contributed by atoms with van der Waals surface area (Å²) in [6.07, 6.45) is 0. The van der Waals surface area contributed by atoms with Gasteiger partial charge in [-0.2, -0.15) is 0 Å². The van der Waals surface area contributed by atoms with E-state index in [1.54, 1.807) is 0 Å². The van der Waals surface area contributed by atoms with Crippen molar-refractivity contribution in [2.45, 2.75) is 0 Å². The Morgan fingerprint density at radius 2 is 2.13 bits per heavy atom. The van der Waals surface area contributed by atoms with Crippen LogP contribution in [0.5, 0.6) is 0 Å². The summed E-state index contributed by atoms with van der Waals surface area (Å²) in [6, 6.07) is 7.71. The number of esters is 1. The molecule has 0 fully saturated rings. The van der Waals surface area contributed by atoms with Gasteiger partial charge in [0.1, 0.15) is 5.69 Å². The van der Waals surface area contributed by atoms with Crippen molar-refractivity contribution in [3.63, 3.8) is 0 Å². The van der Waals surface area contributed by atoms with Gasteiger partial charge in [0.15, 0.2) is 0 Å². The zero-order valence-electron chi connectivity index (χ0n) is 8.45. The minimum atomic E-state index is -0.315. The second-order valence-corrected chi connectivity index (χ2v) is 4.20. The third-order valence-corrected chi connectivity index (χ3v) is 2.89. The van der Waals surface area contributed by atoms with Crippen molar-refractivity contribution in [3.8, 4) is 0 Å². The van der Waals surface area contributed by atoms with Crippen LogP contribution in [0.2, 0.25) is 0 Å². The first-order valence-electron chi connectivity index (χ1n) is 4.47. The van der Waals surface area contributed by atoms with Gasteiger partial charge in [0.25, 0.3) is 0 Å². The van der Waals surface area contributed by atoms with Crippen LogP contribution in [0.1, 0.15) is 10.5 Å². The van der Waals surface area contributed by atoms with E-state index in [2.05, 4.69) is 15.9 Å². The summed E-state index contributed by atoms with van der Waals surface area (Å²) in [4.78, 5) is 11.4. The SMILES string of the molecule is COC(=O)c1cc2cc(Br)ccc2n1C. The molecule has 0 amide bonds. The van der Waals surface area contributed by atoms with Crippen LogP contribution in [0.25, 0.3) is 10.9 Å². The predicted octanol–water partition coefficient (Wildman–Crippen LogP) is 2.73. The average Bonchev–Trinajstić information content (AvgIpc) is 2.54. The molecule has 4 heteroatoms. The summed E-state index contributed by atoms with van der Waals surface area (Å²) in [5, 5.41) is 1.02. The quantitative estimate of drug-likeness (QED) is 0.744. The minimum Gasteiger partial charge on any atom is -0.464 e. The monoisotopic (exact) mass is 267 g/mol. The van der Waals surface area contributed by atoms with Gasteiger partial charge in [-0.25, -0.2) is 4.79 Å². The molecule has 15 heavy (non-hydrogen) atoms. The zero-order valence-corrected chi connectivity index (χ0v) is 10.0. The van der Waals surface area contributed by atoms with Crippen LogP contribution in [0.4, 0.5) is 0 Å². The molecule has 78 valence electrons. The van der Waals surface area contributed by atoms with Gasteiger partial charge >= 0.3 is 5.97 Å². The van der Waals surface area contributed by atoms with E-state index in [9.17, 15) is 4.79 Å². The van der Waals surface area contributed by atoms with E-state index in [1.165, 1.54) is 7.11 Å². The molecule has 3 nitrogen and oxygen atoms in total. The third kappa shape index (κ3) is 1.65. The number of aryl methyl sites for hydroxylation is 1. The molecule has 0 aliphatic rings. The van der Waals surface area contributed by atoms with Gasteiger partial charge in [-0.15, -0.1) is 0 Å². The lowest BCUT2D eigenvalue weighted by atomic mass is 10.2. The fourth-order valence-corrected chi connectivity index (χ4v) is 2.00. The molecule has 0 aliphatic carbocycles. The number of carbonyl (C=O) groups excluding carboxylic acids is 1. The fraction of sp³-hybridized carbons (Fsp3) is 0.182. The van der Waals surface area contributed by atoms with Crippen LogP contribution in [0.15, 0.2) is 28.7 Å². The smallest absolute Gasteiger partial charge is 0.354 e. The van der Waals surface area contributed by atoms with E-state index >= 15 is 0 Å². The van der Waals surface area contributed by atoms with Gasteiger partial charge in [0.05, 0.1) is 7.11 Å². The Balaban J connectivity index is 2.69. The second-order valence-electron chi connectivity index (χ2n) is 3.28. The molecule has 0 unspecified atom stereocenters. The standard InChI is InChI=1S/C11H10BrNO2/c1-13-9-4-3-8(12)5-7(9)6-10(13)11(14)15-2/h3-6H,1-2H3. The van der Waals surface area contributed by atoms with Gasteiger partial charge in [0.2, 0.25) is 0 Å². The molecule has 1 heterocycles. The number of hydrogen-bond acceptors (Lipinski definition) is 2. The van der Waals surface area contributed by atoms with E-state index in [1.807, 2.05) is 35.9 Å². The molecule has 0 atom stereocenters. The summed E-state index contributed by atoms with van der Waals surface area (Å²) in [5.74, 6) is -0.315. The second kappa shape index (κ2) is 3.70. The van der Waals surface area contributed by atoms with Crippen LogP contribution in [-0.4, -0.2) is 17.6 Å². The number of halogens is 1. The number of aromatic nitrogens is 1. The number of ether oxygens (including phenoxy) is 1. The number of fused-ring (bicyclic) bond motifs is 1. The molecule has 0 radical (unpaired) electrons. The van der Waals surface area contributed by atoms with Crippen LogP contribution in [0.3, 0.4) is 0 Å². The molecule has 1 aromatic carbocycles. The number of benzene rings is 1. The van der Waals surface area contributed by atoms with E-state index in [0.29, 0.717) is 5.69 Å². The van der Waals surface area contributed by atoms with E-state index in [4.69, 9.17) is 4.74 Å². The maximum Gasteiger partial charge on any atom is 0.354 e. The number of rotatable bonds is 1. The van der Waals surface area contributed by atoms with Crippen molar-refractivity contribution in [1.82, 2.24) is 4.57 Å². The van der Waals surface area contributed by atoms with Crippen molar-refractivity contribution >= 4 is 32.8 Å². The number of nitrogens with zero attached hydrogens (tertiary/aromatic N) is 1. The molecule has 1 aromatic heterocycles. The minimum absolute atomic E-state index is 0.315. The van der Waals surface area contributed by atoms with Crippen molar-refractivity contribution in [2.75, 3.05) is 7.11 Å². The molecule has 0 N–H and O–H groups in total. The molecular formula is C11H10BrNO2. The topological polar surface area (TPSA) is 31.2 Å². The van der Waals surface area contributed by atoms with Crippen LogP contribution in [-0.2, 0) is 11.8 Å². The zero-order chi connectivity index (χ0) is 11.0. The van der Waals surface area contributed by atoms with Gasteiger partial charge < -0.3 is 9.30 Å². The van der Waals surface area contributed by atoms with Crippen LogP contribution < -0.4 is 0 Å². The number of methoxy groups -OCH3 is 1. The van der Waals surface area contributed by atoms with Crippen molar-refractivity contribution in [1.29, 1.82) is 0 Å². The van der Waals surface area contributed by atoms with Gasteiger partial charge in [-0.3, -0.25) is 0 Å². The Kier molecular flexibility index (Phi) is 2.52. The summed E-state index contributed by atoms with van der Waals surface area (Å²) in [7, 11) is 3.23. The highest BCUT2D eigenvalue weighted by atomic mass is 79.9. The average molecular weight is 268 g/mol. The third-order valence-electron chi connectivity index (χ3n) is 2.40. The first kappa shape index (κ1) is 10.2. The maximum atomic E-state index is 11.4. The number of carbonyl (C=O) groups is 1. The lowest BCUT2D eigenvalue weighted by Crippen LogP contribution is -2.06. The normalized spacial score (nSPS) is 10.6. The maximum absolute atomic E-state index is 11.4. The summed E-state index contributed by atoms with van der Waals surface area (Å²) in [5.41, 5.74) is 1.57. The van der Waals surface area contributed by atoms with Crippen LogP contribution >= 0.6 is 15.9 Å². The van der Waals surface area contributed by atoms with Gasteiger partial charge in [-0.1, -0.05) is 15.9 Å². The van der Waals surface area contributed by atoms with E-state index in [0.717, 1.165) is 15.4 Å². The first-order valence-corrected chi connectivity index (χ1v) is 5.26. The highest BCUT2D eigenvalue weighted by Crippen LogP contribution is 2.23. The lowest BCUT2D eigenvalue weighted by Gasteiger charge is -2.01. The van der Waals surface area contributed by atoms with E-state index < -0.39 is 0 Å². The summed E-state index contributed by atoms with van der Waals surface area (Å²) < 4.78 is 7.53. The Bertz CT molecular complexity index is 531. The molecule has 0 saturated carbocycles. The Morgan fingerprint density at radius 1 is 1.40 bits per heavy atom. The predicted molar refractivity (Wildman–Crippen MR) is 62.0 cm³/mol. The highest BCUT2D eigenvalue weighted by molar-refractivity contribution is 9.10. The Morgan fingerprint density at radius 3 is 2.80 bits per heavy atom. The van der Waals surface area contributed by atoms with E-state index in [-0.39, 0.29) is 5.97 Å². The molecule has 2 aromatic rings. The first-order chi connectivity index (χ1) is 7.13. The van der Waals surface area contributed by atoms with Crippen LogP contribution in [0, 0.1) is 0 Å². The van der Waals surface area contributed by atoms with Crippen molar-refractivity contribution in [3.05, 3.63) is 34.4 Å². The molecule has 0 bridgehead atoms. The van der Waals surface area contributed by atoms with Crippen molar-refractivity contribution in [2.24, 2.45) is 7.05 Å². The Labute approximate surface area is 95.8 Å². The molecular weight excluding hydrogens is 258 g/mol.